The Morgan fingerprint density at radius 2 is 0.815 bits per heavy atom. The summed E-state index contributed by atoms with van der Waals surface area (Å²) >= 11 is 0. The topological polar surface area (TPSA) is 58.0 Å². The molecule has 7 aromatic carbocycles. The van der Waals surface area contributed by atoms with E-state index in [9.17, 15) is 0 Å². The Hall–Kier alpha value is -8.22. The average Bonchev–Trinajstić information content (AvgIpc) is 3.44. The van der Waals surface area contributed by atoms with Crippen LogP contribution in [0, 0.1) is 0 Å². The highest BCUT2D eigenvalue weighted by molar-refractivity contribution is 5.92. The summed E-state index contributed by atoms with van der Waals surface area (Å²) in [4.78, 5) is 25.7. The normalized spacial score (nSPS) is 14.5. The summed E-state index contributed by atoms with van der Waals surface area (Å²) in [5.41, 5.74) is 14.6. The van der Waals surface area contributed by atoms with Crippen molar-refractivity contribution in [2.24, 2.45) is 0 Å². The van der Waals surface area contributed by atoms with Crippen molar-refractivity contribution >= 4 is 78.3 Å². The Labute approximate surface area is 377 Å². The fraction of sp³-hybridized carbons (Fsp3) is 0.0847. The van der Waals surface area contributed by atoms with E-state index < -0.39 is 0 Å². The molecule has 0 radical (unpaired) electrons. The highest BCUT2D eigenvalue weighted by Crippen LogP contribution is 2.55. The predicted molar refractivity (Wildman–Crippen MR) is 267 cm³/mol. The number of fused-ring (bicyclic) bond motifs is 10. The van der Waals surface area contributed by atoms with Gasteiger partial charge in [-0.1, -0.05) is 117 Å². The lowest BCUT2D eigenvalue weighted by Gasteiger charge is -2.33. The second-order valence-electron chi connectivity index (χ2n) is 17.9. The van der Waals surface area contributed by atoms with Crippen LogP contribution in [0.2, 0.25) is 0 Å². The summed E-state index contributed by atoms with van der Waals surface area (Å²) in [6, 6.07) is 71.3. The Balaban J connectivity index is 1.08. The Bertz CT molecular complexity index is 3570. The highest BCUT2D eigenvalue weighted by atomic mass is 15.2. The number of nitrogens with zero attached hydrogens (tertiary/aromatic N) is 6. The maximum absolute atomic E-state index is 5.33. The van der Waals surface area contributed by atoms with E-state index in [1.54, 1.807) is 0 Å². The third-order valence-corrected chi connectivity index (χ3v) is 13.8. The van der Waals surface area contributed by atoms with Crippen molar-refractivity contribution in [2.45, 2.75) is 31.6 Å². The maximum Gasteiger partial charge on any atom is 0.139 e. The predicted octanol–water partition coefficient (Wildman–Crippen LogP) is 14.8. The zero-order valence-corrected chi connectivity index (χ0v) is 36.0. The van der Waals surface area contributed by atoms with Crippen molar-refractivity contribution in [3.63, 3.8) is 0 Å². The molecular weight excluding hydrogens is 793 g/mol. The van der Waals surface area contributed by atoms with Crippen molar-refractivity contribution in [3.05, 3.63) is 228 Å². The van der Waals surface area contributed by atoms with Crippen LogP contribution in [0.25, 0.3) is 54.7 Å². The van der Waals surface area contributed by atoms with E-state index in [1.165, 1.54) is 38.9 Å². The first kappa shape index (κ1) is 37.3. The zero-order valence-electron chi connectivity index (χ0n) is 36.0. The van der Waals surface area contributed by atoms with Crippen LogP contribution in [0.15, 0.2) is 200 Å². The Morgan fingerprint density at radius 3 is 1.32 bits per heavy atom. The summed E-state index contributed by atoms with van der Waals surface area (Å²) < 4.78 is 0. The number of rotatable bonds is 6. The molecule has 2 aliphatic rings. The molecule has 2 bridgehead atoms. The largest absolute Gasteiger partial charge is 0.279 e. The van der Waals surface area contributed by atoms with Gasteiger partial charge < -0.3 is 0 Å². The van der Waals surface area contributed by atoms with Gasteiger partial charge in [0.05, 0.1) is 27.8 Å². The molecule has 6 heteroatoms. The molecule has 4 heterocycles. The molecule has 65 heavy (non-hydrogen) atoms. The van der Waals surface area contributed by atoms with E-state index in [1.807, 2.05) is 12.1 Å². The summed E-state index contributed by atoms with van der Waals surface area (Å²) in [5.74, 6) is 3.41. The average molecular weight is 835 g/mol. The molecule has 0 N–H and O–H groups in total. The zero-order chi connectivity index (χ0) is 43.2. The van der Waals surface area contributed by atoms with Gasteiger partial charge in [0.25, 0.3) is 0 Å². The Kier molecular flexibility index (Phi) is 8.28. The SMILES string of the molecule is CC1(C)c2ccccc2C2Cc3c(cc(N(c4ccc5ccccc5n4)c4ccc5ccccc5n4)cc31)-c1cc(N(c3ccc4ccccc4n3)c3ccc4ccccc4n3)ccc12. The van der Waals surface area contributed by atoms with Gasteiger partial charge >= 0.3 is 0 Å². The van der Waals surface area contributed by atoms with Gasteiger partial charge in [-0.25, -0.2) is 19.9 Å². The van der Waals surface area contributed by atoms with Crippen LogP contribution in [0.3, 0.4) is 0 Å². The summed E-state index contributed by atoms with van der Waals surface area (Å²) in [6.45, 7) is 4.79. The molecular formula is C59H42N6. The molecule has 13 rings (SSSR count). The fourth-order valence-electron chi connectivity index (χ4n) is 10.6. The van der Waals surface area contributed by atoms with E-state index in [0.717, 1.165) is 84.7 Å². The standard InChI is InChI=1S/C59H42N6/c1-59(2)49-18-8-7-17-44(49)47-36-48-46(34-42(35-50(48)59)65(57-31-25-39-15-5-11-21-53(39)62-57)58-32-26-40-16-6-12-22-54(40)63-58)45-33-41(27-28-43(45)47)64(55-29-23-37-13-3-9-19-51(37)60-55)56-30-24-38-14-4-10-20-52(38)61-56/h3-35,47H,36H2,1-2H3. The minimum absolute atomic E-state index is 0.181. The quantitative estimate of drug-likeness (QED) is 0.166. The first-order valence-corrected chi connectivity index (χ1v) is 22.4. The van der Waals surface area contributed by atoms with E-state index >= 15 is 0 Å². The van der Waals surface area contributed by atoms with Crippen LogP contribution in [0.1, 0.15) is 47.6 Å². The van der Waals surface area contributed by atoms with Gasteiger partial charge in [-0.05, 0) is 142 Å². The van der Waals surface area contributed by atoms with Crippen molar-refractivity contribution in [2.75, 3.05) is 9.80 Å². The minimum Gasteiger partial charge on any atom is -0.279 e. The van der Waals surface area contributed by atoms with Crippen molar-refractivity contribution in [1.82, 2.24) is 19.9 Å². The van der Waals surface area contributed by atoms with Gasteiger partial charge in [-0.3, -0.25) is 9.80 Å². The lowest BCUT2D eigenvalue weighted by molar-refractivity contribution is 0.636. The van der Waals surface area contributed by atoms with Crippen LogP contribution in [-0.4, -0.2) is 19.9 Å². The minimum atomic E-state index is -0.314. The molecule has 1 atom stereocenters. The van der Waals surface area contributed by atoms with Crippen molar-refractivity contribution in [3.8, 4) is 11.1 Å². The van der Waals surface area contributed by atoms with Crippen LogP contribution in [0.5, 0.6) is 0 Å². The van der Waals surface area contributed by atoms with Gasteiger partial charge in [0.2, 0.25) is 0 Å². The number of para-hydroxylation sites is 4. The van der Waals surface area contributed by atoms with Gasteiger partial charge in [0.15, 0.2) is 0 Å². The number of anilines is 6. The van der Waals surface area contributed by atoms with Crippen LogP contribution in [0.4, 0.5) is 34.6 Å². The molecule has 0 saturated carbocycles. The van der Waals surface area contributed by atoms with Crippen LogP contribution >= 0.6 is 0 Å². The lowest BCUT2D eigenvalue weighted by Crippen LogP contribution is -2.22. The van der Waals surface area contributed by atoms with E-state index in [0.29, 0.717) is 0 Å². The number of pyridine rings is 4. The second kappa shape index (κ2) is 14.4. The van der Waals surface area contributed by atoms with Crippen LogP contribution in [-0.2, 0) is 11.8 Å². The van der Waals surface area contributed by atoms with E-state index in [2.05, 4.69) is 212 Å². The Morgan fingerprint density at radius 1 is 0.385 bits per heavy atom. The number of benzene rings is 7. The number of hydrogen-bond donors (Lipinski definition) is 0. The lowest BCUT2D eigenvalue weighted by atomic mass is 9.74. The molecule has 0 fully saturated rings. The molecule has 4 aromatic heterocycles. The summed E-state index contributed by atoms with van der Waals surface area (Å²) in [7, 11) is 0. The van der Waals surface area contributed by atoms with Gasteiger partial charge in [-0.15, -0.1) is 0 Å². The van der Waals surface area contributed by atoms with Gasteiger partial charge in [0, 0.05) is 38.6 Å². The highest BCUT2D eigenvalue weighted by Gasteiger charge is 2.40. The molecule has 11 aromatic rings. The number of hydrogen-bond acceptors (Lipinski definition) is 6. The third kappa shape index (κ3) is 6.01. The van der Waals surface area contributed by atoms with E-state index in [4.69, 9.17) is 19.9 Å². The monoisotopic (exact) mass is 834 g/mol. The summed E-state index contributed by atoms with van der Waals surface area (Å²) in [6.07, 6.45) is 0.905. The molecule has 6 nitrogen and oxygen atoms in total. The smallest absolute Gasteiger partial charge is 0.139 e. The molecule has 0 spiro atoms. The van der Waals surface area contributed by atoms with Crippen molar-refractivity contribution in [1.29, 1.82) is 0 Å². The van der Waals surface area contributed by atoms with E-state index in [-0.39, 0.29) is 11.3 Å². The molecule has 308 valence electrons. The van der Waals surface area contributed by atoms with Gasteiger partial charge in [-0.2, -0.15) is 0 Å². The first-order valence-electron chi connectivity index (χ1n) is 22.4. The first-order chi connectivity index (χ1) is 31.9. The third-order valence-electron chi connectivity index (χ3n) is 13.8. The molecule has 1 unspecified atom stereocenters. The molecule has 0 saturated heterocycles. The van der Waals surface area contributed by atoms with Crippen LogP contribution < -0.4 is 9.80 Å². The van der Waals surface area contributed by atoms with Gasteiger partial charge in [0.1, 0.15) is 23.3 Å². The number of aromatic nitrogens is 4. The molecule has 2 aliphatic carbocycles. The van der Waals surface area contributed by atoms with Crippen molar-refractivity contribution < 1.29 is 0 Å². The molecule has 0 amide bonds. The second-order valence-corrected chi connectivity index (χ2v) is 17.9. The molecule has 0 aliphatic heterocycles. The fourth-order valence-corrected chi connectivity index (χ4v) is 10.6. The summed E-state index contributed by atoms with van der Waals surface area (Å²) in [5, 5.41) is 4.37. The maximum atomic E-state index is 5.33.